The number of hydrogen-bond acceptors (Lipinski definition) is 3. The number of carbonyl (C=O) groups is 1. The van der Waals surface area contributed by atoms with E-state index in [2.05, 4.69) is 33.9 Å². The van der Waals surface area contributed by atoms with E-state index in [4.69, 9.17) is 4.74 Å². The van der Waals surface area contributed by atoms with Crippen molar-refractivity contribution in [2.75, 3.05) is 6.61 Å². The molecule has 0 unspecified atom stereocenters. The number of aliphatic hydroxyl groups is 1. The van der Waals surface area contributed by atoms with E-state index in [0.717, 1.165) is 0 Å². The molecule has 0 aliphatic carbocycles. The van der Waals surface area contributed by atoms with E-state index in [1.807, 2.05) is 0 Å². The minimum absolute atomic E-state index is 0.0124. The summed E-state index contributed by atoms with van der Waals surface area (Å²) in [5.74, 6) is -0.137. The number of aliphatic hydroxyl groups excluding tert-OH is 1. The van der Waals surface area contributed by atoms with Gasteiger partial charge in [0.25, 0.3) is 0 Å². The highest BCUT2D eigenvalue weighted by Gasteiger charge is 2.51. The van der Waals surface area contributed by atoms with Crippen LogP contribution >= 0.6 is 0 Å². The van der Waals surface area contributed by atoms with Crippen molar-refractivity contribution in [2.24, 2.45) is 5.92 Å². The lowest BCUT2D eigenvalue weighted by Gasteiger charge is -2.42. The fourth-order valence-electron chi connectivity index (χ4n) is 1.93. The maximum atomic E-state index is 11.3. The Morgan fingerprint density at radius 1 is 1.47 bits per heavy atom. The lowest BCUT2D eigenvalue weighted by atomic mass is 10.1. The summed E-state index contributed by atoms with van der Waals surface area (Å²) in [7, 11) is -1.70. The molecule has 0 aromatic rings. The molecule has 88 valence electrons. The van der Waals surface area contributed by atoms with Gasteiger partial charge in [0, 0.05) is 12.5 Å². The summed E-state index contributed by atoms with van der Waals surface area (Å²) in [6, 6.07) is 0. The first-order valence-corrected chi connectivity index (χ1v) is 8.58. The first-order valence-electron chi connectivity index (χ1n) is 5.50. The average Bonchev–Trinajstić information content (AvgIpc) is 2.45. The third kappa shape index (κ3) is 2.26. The molecule has 1 saturated heterocycles. The molecular weight excluding hydrogens is 208 g/mol. The minimum Gasteiger partial charge on any atom is -0.466 e. The van der Waals surface area contributed by atoms with E-state index >= 15 is 0 Å². The fourth-order valence-corrected chi connectivity index (χ4v) is 4.61. The van der Waals surface area contributed by atoms with Gasteiger partial charge in [0.05, 0.1) is 12.1 Å². The van der Waals surface area contributed by atoms with Gasteiger partial charge in [-0.1, -0.05) is 33.9 Å². The van der Waals surface area contributed by atoms with Gasteiger partial charge in [0.15, 0.2) is 0 Å². The normalized spacial score (nSPS) is 28.0. The van der Waals surface area contributed by atoms with Gasteiger partial charge >= 0.3 is 5.97 Å². The van der Waals surface area contributed by atoms with E-state index < -0.39 is 8.07 Å². The number of ether oxygens (including phenoxy) is 1. The third-order valence-electron chi connectivity index (χ3n) is 3.99. The summed E-state index contributed by atoms with van der Waals surface area (Å²) in [4.78, 5) is 11.3. The molecule has 3 nitrogen and oxygen atoms in total. The van der Waals surface area contributed by atoms with Crippen LogP contribution in [-0.2, 0) is 9.53 Å². The van der Waals surface area contributed by atoms with Crippen LogP contribution in [0, 0.1) is 5.92 Å². The van der Waals surface area contributed by atoms with Gasteiger partial charge in [0.1, 0.15) is 8.07 Å². The molecule has 1 rings (SSSR count). The third-order valence-corrected chi connectivity index (χ3v) is 9.87. The van der Waals surface area contributed by atoms with Crippen LogP contribution in [0.3, 0.4) is 0 Å². The highest BCUT2D eigenvalue weighted by Crippen LogP contribution is 2.43. The summed E-state index contributed by atoms with van der Waals surface area (Å²) >= 11 is 0. The first kappa shape index (κ1) is 12.7. The van der Waals surface area contributed by atoms with E-state index in [9.17, 15) is 9.90 Å². The Labute approximate surface area is 92.8 Å². The molecule has 1 heterocycles. The lowest BCUT2D eigenvalue weighted by Crippen LogP contribution is -2.52. The molecule has 1 fully saturated rings. The van der Waals surface area contributed by atoms with Gasteiger partial charge in [0.2, 0.25) is 0 Å². The predicted molar refractivity (Wildman–Crippen MR) is 62.3 cm³/mol. The number of rotatable bonds is 2. The second-order valence-corrected chi connectivity index (χ2v) is 11.5. The topological polar surface area (TPSA) is 46.5 Å². The first-order chi connectivity index (χ1) is 6.70. The van der Waals surface area contributed by atoms with Crippen LogP contribution in [0.4, 0.5) is 0 Å². The fraction of sp³-hybridized carbons (Fsp3) is 0.909. The van der Waals surface area contributed by atoms with Gasteiger partial charge in [-0.3, -0.25) is 4.79 Å². The maximum Gasteiger partial charge on any atom is 0.306 e. The Morgan fingerprint density at radius 3 is 2.40 bits per heavy atom. The summed E-state index contributed by atoms with van der Waals surface area (Å²) in [5.41, 5.74) is -0.0324. The van der Waals surface area contributed by atoms with Crippen molar-refractivity contribution in [3.8, 4) is 0 Å². The molecule has 15 heavy (non-hydrogen) atoms. The zero-order chi connectivity index (χ0) is 11.9. The molecule has 0 aromatic heterocycles. The van der Waals surface area contributed by atoms with Crippen LogP contribution in [0.1, 0.15) is 27.2 Å². The monoisotopic (exact) mass is 230 g/mol. The van der Waals surface area contributed by atoms with Gasteiger partial charge < -0.3 is 9.84 Å². The lowest BCUT2D eigenvalue weighted by molar-refractivity contribution is -0.139. The molecule has 0 amide bonds. The van der Waals surface area contributed by atoms with Crippen LogP contribution in [0.15, 0.2) is 0 Å². The van der Waals surface area contributed by atoms with E-state index in [0.29, 0.717) is 6.42 Å². The van der Waals surface area contributed by atoms with Crippen molar-refractivity contribution < 1.29 is 14.6 Å². The van der Waals surface area contributed by atoms with Crippen LogP contribution in [0.5, 0.6) is 0 Å². The van der Waals surface area contributed by atoms with E-state index in [-0.39, 0.29) is 29.3 Å². The number of carbonyl (C=O) groups excluding carboxylic acids is 1. The van der Waals surface area contributed by atoms with Gasteiger partial charge in [-0.15, -0.1) is 0 Å². The molecule has 1 N–H and O–H groups in total. The Kier molecular flexibility index (Phi) is 3.31. The molecule has 0 saturated carbocycles. The summed E-state index contributed by atoms with van der Waals surface area (Å²) in [6.07, 6.45) is 0.383. The van der Waals surface area contributed by atoms with Gasteiger partial charge in [-0.25, -0.2) is 0 Å². The maximum absolute atomic E-state index is 11.3. The Morgan fingerprint density at radius 2 is 2.00 bits per heavy atom. The van der Waals surface area contributed by atoms with Crippen LogP contribution in [-0.4, -0.2) is 31.5 Å². The van der Waals surface area contributed by atoms with Gasteiger partial charge in [-0.05, 0) is 5.04 Å². The second-order valence-electron chi connectivity index (χ2n) is 6.03. The molecule has 0 spiro atoms. The quantitative estimate of drug-likeness (QED) is 0.582. The van der Waals surface area contributed by atoms with E-state index in [1.54, 1.807) is 0 Å². The second kappa shape index (κ2) is 3.90. The highest BCUT2D eigenvalue weighted by atomic mass is 28.3. The van der Waals surface area contributed by atoms with Crippen molar-refractivity contribution in [3.05, 3.63) is 0 Å². The molecule has 0 bridgehead atoms. The molecule has 2 atom stereocenters. The molecule has 0 radical (unpaired) electrons. The Hall–Kier alpha value is -0.353. The number of cyclic esters (lactones) is 1. The number of hydrogen-bond donors (Lipinski definition) is 1. The Bertz CT molecular complexity index is 255. The van der Waals surface area contributed by atoms with Crippen molar-refractivity contribution in [2.45, 2.75) is 51.1 Å². The number of esters is 1. The largest absolute Gasteiger partial charge is 0.466 e. The van der Waals surface area contributed by atoms with Crippen molar-refractivity contribution in [3.63, 3.8) is 0 Å². The summed E-state index contributed by atoms with van der Waals surface area (Å²) in [6.45, 7) is 11.1. The predicted octanol–water partition coefficient (Wildman–Crippen LogP) is 1.96. The standard InChI is InChI=1S/C11H22O3Si/c1-11(2,3)15(4,5)10-8(7-12)6-9(13)14-10/h8,10,12H,6-7H2,1-5H3/t8-,10+/m1/s1. The Balaban J connectivity index is 2.91. The zero-order valence-electron chi connectivity index (χ0n) is 10.3. The molecule has 1 aliphatic heterocycles. The van der Waals surface area contributed by atoms with Crippen LogP contribution in [0.25, 0.3) is 0 Å². The highest BCUT2D eigenvalue weighted by molar-refractivity contribution is 6.81. The summed E-state index contributed by atoms with van der Waals surface area (Å²) in [5, 5.41) is 9.45. The average molecular weight is 230 g/mol. The van der Waals surface area contributed by atoms with Crippen molar-refractivity contribution in [1.82, 2.24) is 0 Å². The smallest absolute Gasteiger partial charge is 0.306 e. The van der Waals surface area contributed by atoms with E-state index in [1.165, 1.54) is 0 Å². The molecular formula is C11H22O3Si. The summed E-state index contributed by atoms with van der Waals surface area (Å²) < 4.78 is 5.42. The minimum atomic E-state index is -1.70. The van der Waals surface area contributed by atoms with Crippen LogP contribution < -0.4 is 0 Å². The van der Waals surface area contributed by atoms with Crippen molar-refractivity contribution in [1.29, 1.82) is 0 Å². The molecule has 1 aliphatic rings. The van der Waals surface area contributed by atoms with Crippen molar-refractivity contribution >= 4 is 14.0 Å². The SMILES string of the molecule is CC(C)(C)[Si](C)(C)[C@@H]1OC(=O)C[C@@H]1CO. The zero-order valence-corrected chi connectivity index (χ0v) is 11.3. The molecule has 4 heteroatoms. The molecule has 0 aromatic carbocycles. The van der Waals surface area contributed by atoms with Crippen LogP contribution in [0.2, 0.25) is 18.1 Å². The van der Waals surface area contributed by atoms with Gasteiger partial charge in [-0.2, -0.15) is 0 Å².